The van der Waals surface area contributed by atoms with Gasteiger partial charge in [-0.25, -0.2) is 0 Å². The third-order valence-corrected chi connectivity index (χ3v) is 16.3. The fraction of sp³-hybridized carbons (Fsp3) is 0. The molecule has 17 rings (SSSR count). The van der Waals surface area contributed by atoms with Gasteiger partial charge in [-0.05, 0) is 152 Å². The topological polar surface area (TPSA) is 26.3 Å². The Morgan fingerprint density at radius 1 is 0.202 bits per heavy atom. The Morgan fingerprint density at radius 2 is 0.536 bits per heavy atom. The molecule has 15 aromatic carbocycles. The zero-order chi connectivity index (χ0) is 64.2. The molecule has 0 radical (unpaired) electrons. The summed E-state index contributed by atoms with van der Waals surface area (Å²) < 4.78 is 97.9. The van der Waals surface area contributed by atoms with Crippen LogP contribution in [0.1, 0.15) is 13.7 Å². The number of rotatable bonds is 7. The van der Waals surface area contributed by atoms with Gasteiger partial charge in [0.05, 0.1) is 13.7 Å². The van der Waals surface area contributed by atoms with Gasteiger partial charge in [-0.3, -0.25) is 0 Å². The SMILES string of the molecule is [2H]c1c([2H])c([2H])c(-c2c3ccccc3c(-c3cccc(-c4c(-c5ccccc5)ccc5oc6ccccc6c45)c3)c3ccccc23)c([2H])c1[2H].[2H]c1c([2H])c([2H])c(-c2c3ccccc3c(-c3cccc(-c4cccc5oc6ccccc6c45)c3)c3ccccc23)c([2H])c1[2H]. The molecule has 0 fully saturated rings. The van der Waals surface area contributed by atoms with E-state index in [0.29, 0.717) is 11.1 Å². The van der Waals surface area contributed by atoms with Crippen LogP contribution in [0, 0.1) is 0 Å². The fourth-order valence-corrected chi connectivity index (χ4v) is 12.8. The zero-order valence-electron chi connectivity index (χ0n) is 55.1. The van der Waals surface area contributed by atoms with Crippen molar-refractivity contribution in [3.8, 4) is 77.9 Å². The summed E-state index contributed by atoms with van der Waals surface area (Å²) in [7, 11) is 0. The van der Waals surface area contributed by atoms with Crippen molar-refractivity contribution in [2.24, 2.45) is 0 Å². The summed E-state index contributed by atoms with van der Waals surface area (Å²) in [5.41, 5.74) is 15.6. The molecule has 0 spiro atoms. The summed E-state index contributed by atoms with van der Waals surface area (Å²) in [4.78, 5) is 0. The number of hydrogen-bond donors (Lipinski definition) is 0. The standard InChI is InChI=1S/C44H28O.C38H24O/c1-3-14-29(15-4-1)33-26-27-40-44(38-24-11-12-25-39(38)45-40)43(33)32-19-13-18-31(28-32)42-36-22-9-7-20-34(36)41(30-16-5-2-6-17-30)35-21-8-10-23-37(35)42;1-2-12-25(13-3-1)36-29-16-4-6-18-31(29)37(32-19-7-5-17-30(32)36)27-15-10-14-26(24-27)28-21-11-23-35-38(28)33-20-8-9-22-34(33)39-35/h1-28H;1-24H/i2D,5D,6D,16D,17D;1D,2D,3D,12D,13D. The first kappa shape index (κ1) is 39.4. The van der Waals surface area contributed by atoms with E-state index in [1.165, 1.54) is 0 Å². The van der Waals surface area contributed by atoms with E-state index in [9.17, 15) is 0 Å². The van der Waals surface area contributed by atoms with E-state index in [1.54, 1.807) is 0 Å². The van der Waals surface area contributed by atoms with Gasteiger partial charge >= 0.3 is 0 Å². The summed E-state index contributed by atoms with van der Waals surface area (Å²) >= 11 is 0. The first-order chi connectivity index (χ1) is 45.9. The van der Waals surface area contributed by atoms with E-state index in [1.807, 2.05) is 140 Å². The summed E-state index contributed by atoms with van der Waals surface area (Å²) in [6.07, 6.45) is 0. The average Bonchev–Trinajstić information content (AvgIpc) is 0.973. The lowest BCUT2D eigenvalue weighted by Crippen LogP contribution is -1.92. The maximum absolute atomic E-state index is 8.89. The number of para-hydroxylation sites is 2. The number of benzene rings is 15. The van der Waals surface area contributed by atoms with Crippen LogP contribution >= 0.6 is 0 Å². The smallest absolute Gasteiger partial charge is 0.136 e. The van der Waals surface area contributed by atoms with E-state index in [-0.39, 0.29) is 59.5 Å². The Bertz CT molecular complexity index is 5840. The van der Waals surface area contributed by atoms with Gasteiger partial charge in [0.1, 0.15) is 22.3 Å². The highest BCUT2D eigenvalue weighted by molar-refractivity contribution is 6.24. The number of fused-ring (bicyclic) bond motifs is 10. The van der Waals surface area contributed by atoms with Gasteiger partial charge in [0.2, 0.25) is 0 Å². The molecule has 17 aromatic rings. The minimum atomic E-state index is -0.402. The highest BCUT2D eigenvalue weighted by atomic mass is 16.3. The molecule has 0 aliphatic carbocycles. The molecule has 0 unspecified atom stereocenters. The molecule has 392 valence electrons. The predicted molar refractivity (Wildman–Crippen MR) is 356 cm³/mol. The Kier molecular flexibility index (Phi) is 9.60. The second kappa shape index (κ2) is 20.5. The summed E-state index contributed by atoms with van der Waals surface area (Å²) in [5.74, 6) is 0. The van der Waals surface area contributed by atoms with Crippen LogP contribution in [0.5, 0.6) is 0 Å². The van der Waals surface area contributed by atoms with E-state index in [4.69, 9.17) is 22.5 Å². The molecule has 2 heterocycles. The van der Waals surface area contributed by atoms with Crippen molar-refractivity contribution in [3.63, 3.8) is 0 Å². The quantitative estimate of drug-likeness (QED) is 0.149. The van der Waals surface area contributed by atoms with E-state index >= 15 is 0 Å². The lowest BCUT2D eigenvalue weighted by molar-refractivity contribution is 0.668. The maximum atomic E-state index is 8.89. The first-order valence-electron chi connectivity index (χ1n) is 33.0. The molecule has 0 aliphatic heterocycles. The van der Waals surface area contributed by atoms with Gasteiger partial charge in [-0.15, -0.1) is 0 Å². The second-order valence-electron chi connectivity index (χ2n) is 20.9. The molecule has 2 aromatic heterocycles. The van der Waals surface area contributed by atoms with Crippen molar-refractivity contribution >= 4 is 87.0 Å². The van der Waals surface area contributed by atoms with Crippen LogP contribution in [0.3, 0.4) is 0 Å². The summed E-state index contributed by atoms with van der Waals surface area (Å²) in [6.45, 7) is 0. The maximum Gasteiger partial charge on any atom is 0.136 e. The minimum Gasteiger partial charge on any atom is -0.456 e. The average molecular weight is 1080 g/mol. The normalized spacial score (nSPS) is 13.2. The Hall–Kier alpha value is -11.1. The fourth-order valence-electron chi connectivity index (χ4n) is 12.8. The zero-order valence-corrected chi connectivity index (χ0v) is 45.1. The van der Waals surface area contributed by atoms with Gasteiger partial charge in [0.15, 0.2) is 0 Å². The van der Waals surface area contributed by atoms with Crippen LogP contribution in [0.2, 0.25) is 0 Å². The molecule has 0 saturated carbocycles. The van der Waals surface area contributed by atoms with Crippen molar-refractivity contribution < 1.29 is 22.5 Å². The largest absolute Gasteiger partial charge is 0.456 e. The highest BCUT2D eigenvalue weighted by Gasteiger charge is 2.22. The van der Waals surface area contributed by atoms with Crippen LogP contribution in [-0.2, 0) is 0 Å². The highest BCUT2D eigenvalue weighted by Crippen LogP contribution is 2.49. The van der Waals surface area contributed by atoms with E-state index < -0.39 is 12.1 Å². The number of furan rings is 2. The molecule has 0 atom stereocenters. The van der Waals surface area contributed by atoms with Gasteiger partial charge in [-0.1, -0.05) is 279 Å². The second-order valence-corrected chi connectivity index (χ2v) is 20.9. The van der Waals surface area contributed by atoms with Crippen LogP contribution in [0.4, 0.5) is 0 Å². The molecule has 84 heavy (non-hydrogen) atoms. The van der Waals surface area contributed by atoms with Crippen molar-refractivity contribution in [1.82, 2.24) is 0 Å². The van der Waals surface area contributed by atoms with Crippen LogP contribution in [0.15, 0.2) is 324 Å². The monoisotopic (exact) mass is 1080 g/mol. The molecular weight excluding hydrogens is 1020 g/mol. The molecule has 2 heteroatoms. The first-order valence-corrected chi connectivity index (χ1v) is 28.0. The molecule has 0 amide bonds. The van der Waals surface area contributed by atoms with Crippen molar-refractivity contribution in [1.29, 1.82) is 0 Å². The Morgan fingerprint density at radius 3 is 1.01 bits per heavy atom. The molecule has 0 bridgehead atoms. The van der Waals surface area contributed by atoms with Crippen LogP contribution in [0.25, 0.3) is 165 Å². The van der Waals surface area contributed by atoms with Crippen molar-refractivity contribution in [2.45, 2.75) is 0 Å². The molecule has 2 nitrogen and oxygen atoms in total. The van der Waals surface area contributed by atoms with Crippen LogP contribution < -0.4 is 0 Å². The van der Waals surface area contributed by atoms with Gasteiger partial charge in [-0.2, -0.15) is 0 Å². The van der Waals surface area contributed by atoms with Crippen molar-refractivity contribution in [2.75, 3.05) is 0 Å². The van der Waals surface area contributed by atoms with E-state index in [2.05, 4.69) is 115 Å². The number of hydrogen-bond acceptors (Lipinski definition) is 2. The van der Waals surface area contributed by atoms with Gasteiger partial charge in [0.25, 0.3) is 0 Å². The van der Waals surface area contributed by atoms with Crippen LogP contribution in [-0.4, -0.2) is 0 Å². The third kappa shape index (κ3) is 8.18. The minimum absolute atomic E-state index is 0.203. The molecule has 0 N–H and O–H groups in total. The van der Waals surface area contributed by atoms with Gasteiger partial charge in [0, 0.05) is 27.1 Å². The Labute approximate surface area is 500 Å². The Balaban J connectivity index is 0.000000150. The van der Waals surface area contributed by atoms with Crippen molar-refractivity contribution in [3.05, 3.63) is 315 Å². The lowest BCUT2D eigenvalue weighted by Gasteiger charge is -2.19. The lowest BCUT2D eigenvalue weighted by atomic mass is 9.84. The third-order valence-electron chi connectivity index (χ3n) is 16.3. The summed E-state index contributed by atoms with van der Waals surface area (Å²) in [5, 5.41) is 11.3. The van der Waals surface area contributed by atoms with Gasteiger partial charge < -0.3 is 8.83 Å². The molecule has 0 saturated heterocycles. The van der Waals surface area contributed by atoms with E-state index in [0.717, 1.165) is 143 Å². The molecule has 0 aliphatic rings. The summed E-state index contributed by atoms with van der Waals surface area (Å²) in [6, 6.07) is 82.9. The predicted octanol–water partition coefficient (Wildman–Crippen LogP) is 23.5. The molecular formula is C82H52O2.